The molecule has 1 aromatic rings. The zero-order chi connectivity index (χ0) is 11.6. The van der Waals surface area contributed by atoms with E-state index in [1.807, 2.05) is 0 Å². The van der Waals surface area contributed by atoms with Crippen molar-refractivity contribution in [1.82, 2.24) is 4.98 Å². The summed E-state index contributed by atoms with van der Waals surface area (Å²) >= 11 is 3.03. The Morgan fingerprint density at radius 2 is 2.13 bits per heavy atom. The van der Waals surface area contributed by atoms with Crippen LogP contribution in [0.15, 0.2) is 16.7 Å². The van der Waals surface area contributed by atoms with Gasteiger partial charge in [0.2, 0.25) is 0 Å². The van der Waals surface area contributed by atoms with Crippen molar-refractivity contribution >= 4 is 21.7 Å². The van der Waals surface area contributed by atoms with Gasteiger partial charge in [-0.3, -0.25) is 0 Å². The van der Waals surface area contributed by atoms with Crippen molar-refractivity contribution in [2.45, 2.75) is 19.2 Å². The van der Waals surface area contributed by atoms with Gasteiger partial charge in [0.15, 0.2) is 17.7 Å². The van der Waals surface area contributed by atoms with Gasteiger partial charge in [-0.1, -0.05) is 0 Å². The molecule has 0 aromatic carbocycles. The Labute approximate surface area is 92.6 Å². The molecule has 0 saturated carbocycles. The zero-order valence-electron chi connectivity index (χ0n) is 7.68. The van der Waals surface area contributed by atoms with Gasteiger partial charge in [-0.05, 0) is 28.9 Å². The lowest BCUT2D eigenvalue weighted by atomic mass is 10.3. The number of rotatable bonds is 2. The second kappa shape index (κ2) is 4.26. The largest absolute Gasteiger partial charge is 0.476 e. The average molecular weight is 285 g/mol. The fourth-order valence-corrected chi connectivity index (χ4v) is 1.21. The first kappa shape index (κ1) is 12.1. The van der Waals surface area contributed by atoms with E-state index in [1.54, 1.807) is 0 Å². The topological polar surface area (TPSA) is 48.1 Å². The predicted octanol–water partition coefficient (Wildman–Crippen LogP) is 2.76. The summed E-state index contributed by atoms with van der Waals surface area (Å²) in [6.07, 6.45) is -4.99. The van der Waals surface area contributed by atoms with Crippen molar-refractivity contribution in [1.29, 1.82) is 0 Å². The molecule has 15 heavy (non-hydrogen) atoms. The van der Waals surface area contributed by atoms with E-state index in [2.05, 4.69) is 25.7 Å². The standard InChI is InChI=1S/C8H8BrF3N2O/c1-4(8(10,11)12)15-6-5(9)2-3-14-7(6)13/h2-4H,1H3,(H2,13,14). The molecular formula is C8H8BrF3N2O. The first-order chi connectivity index (χ1) is 6.82. The van der Waals surface area contributed by atoms with Crippen LogP contribution in [0.25, 0.3) is 0 Å². The van der Waals surface area contributed by atoms with Gasteiger partial charge in [0.1, 0.15) is 0 Å². The van der Waals surface area contributed by atoms with Crippen LogP contribution < -0.4 is 10.5 Å². The molecule has 3 nitrogen and oxygen atoms in total. The van der Waals surface area contributed by atoms with Gasteiger partial charge < -0.3 is 10.5 Å². The lowest BCUT2D eigenvalue weighted by Gasteiger charge is -2.18. The summed E-state index contributed by atoms with van der Waals surface area (Å²) < 4.78 is 41.6. The average Bonchev–Trinajstić information content (AvgIpc) is 2.09. The first-order valence-electron chi connectivity index (χ1n) is 3.95. The molecule has 0 aliphatic heterocycles. The highest BCUT2D eigenvalue weighted by Gasteiger charge is 2.38. The second-order valence-electron chi connectivity index (χ2n) is 2.81. The highest BCUT2D eigenvalue weighted by Crippen LogP contribution is 2.33. The first-order valence-corrected chi connectivity index (χ1v) is 4.75. The molecule has 2 N–H and O–H groups in total. The fraction of sp³-hybridized carbons (Fsp3) is 0.375. The van der Waals surface area contributed by atoms with Crippen LogP contribution in [-0.2, 0) is 0 Å². The number of nitrogens with two attached hydrogens (primary N) is 1. The maximum absolute atomic E-state index is 12.2. The Balaban J connectivity index is 2.90. The summed E-state index contributed by atoms with van der Waals surface area (Å²) in [6, 6.07) is 1.45. The molecule has 1 aromatic heterocycles. The van der Waals surface area contributed by atoms with Crippen molar-refractivity contribution in [3.05, 3.63) is 16.7 Å². The van der Waals surface area contributed by atoms with Gasteiger partial charge in [0.25, 0.3) is 0 Å². The van der Waals surface area contributed by atoms with E-state index >= 15 is 0 Å². The van der Waals surface area contributed by atoms with E-state index in [1.165, 1.54) is 12.3 Å². The van der Waals surface area contributed by atoms with E-state index < -0.39 is 12.3 Å². The number of halogens is 4. The third-order valence-corrected chi connectivity index (χ3v) is 2.26. The summed E-state index contributed by atoms with van der Waals surface area (Å²) in [5.74, 6) is -0.178. The smallest absolute Gasteiger partial charge is 0.425 e. The number of anilines is 1. The fourth-order valence-electron chi connectivity index (χ4n) is 0.800. The molecule has 0 aliphatic carbocycles. The number of hydrogen-bond donors (Lipinski definition) is 1. The molecule has 1 rings (SSSR count). The minimum atomic E-state index is -4.43. The summed E-state index contributed by atoms with van der Waals surface area (Å²) in [5, 5.41) is 0. The minimum Gasteiger partial charge on any atom is -0.476 e. The molecule has 0 aliphatic rings. The molecule has 0 fully saturated rings. The van der Waals surface area contributed by atoms with Crippen molar-refractivity contribution in [3.8, 4) is 5.75 Å². The Kier molecular flexibility index (Phi) is 3.43. The summed E-state index contributed by atoms with van der Waals surface area (Å²) in [5.41, 5.74) is 5.38. The Bertz CT molecular complexity index is 336. The number of nitrogens with zero attached hydrogens (tertiary/aromatic N) is 1. The third-order valence-electron chi connectivity index (χ3n) is 1.64. The minimum absolute atomic E-state index is 0.0829. The van der Waals surface area contributed by atoms with E-state index in [4.69, 9.17) is 5.73 Å². The Morgan fingerprint density at radius 1 is 1.53 bits per heavy atom. The van der Waals surface area contributed by atoms with Crippen molar-refractivity contribution in [2.24, 2.45) is 0 Å². The van der Waals surface area contributed by atoms with E-state index in [0.717, 1.165) is 6.92 Å². The molecule has 0 amide bonds. The molecule has 7 heteroatoms. The highest BCUT2D eigenvalue weighted by molar-refractivity contribution is 9.10. The lowest BCUT2D eigenvalue weighted by molar-refractivity contribution is -0.189. The van der Waals surface area contributed by atoms with Gasteiger partial charge in [0.05, 0.1) is 4.47 Å². The molecular weight excluding hydrogens is 277 g/mol. The zero-order valence-corrected chi connectivity index (χ0v) is 9.26. The quantitative estimate of drug-likeness (QED) is 0.908. The lowest BCUT2D eigenvalue weighted by Crippen LogP contribution is -2.31. The van der Waals surface area contributed by atoms with Crippen LogP contribution in [0.5, 0.6) is 5.75 Å². The van der Waals surface area contributed by atoms with Crippen LogP contribution in [0.2, 0.25) is 0 Å². The van der Waals surface area contributed by atoms with Crippen molar-refractivity contribution in [2.75, 3.05) is 5.73 Å². The summed E-state index contributed by atoms with van der Waals surface area (Å²) in [6.45, 7) is 0.902. The van der Waals surface area contributed by atoms with E-state index in [0.29, 0.717) is 4.47 Å². The van der Waals surface area contributed by atoms with Crippen LogP contribution in [0.3, 0.4) is 0 Å². The Morgan fingerprint density at radius 3 is 2.60 bits per heavy atom. The van der Waals surface area contributed by atoms with Crippen LogP contribution in [0.1, 0.15) is 6.92 Å². The highest BCUT2D eigenvalue weighted by atomic mass is 79.9. The molecule has 0 spiro atoms. The monoisotopic (exact) mass is 284 g/mol. The van der Waals surface area contributed by atoms with Crippen molar-refractivity contribution < 1.29 is 17.9 Å². The van der Waals surface area contributed by atoms with Gasteiger partial charge in [-0.25, -0.2) is 4.98 Å². The van der Waals surface area contributed by atoms with Gasteiger partial charge in [0, 0.05) is 6.20 Å². The number of pyridine rings is 1. The molecule has 84 valence electrons. The number of ether oxygens (including phenoxy) is 1. The van der Waals surface area contributed by atoms with Gasteiger partial charge >= 0.3 is 6.18 Å². The second-order valence-corrected chi connectivity index (χ2v) is 3.66. The predicted molar refractivity (Wildman–Crippen MR) is 52.5 cm³/mol. The normalized spacial score (nSPS) is 13.7. The number of alkyl halides is 3. The number of aromatic nitrogens is 1. The van der Waals surface area contributed by atoms with E-state index in [9.17, 15) is 13.2 Å². The third kappa shape index (κ3) is 2.98. The molecule has 1 unspecified atom stereocenters. The molecule has 0 saturated heterocycles. The van der Waals surface area contributed by atoms with Crippen LogP contribution in [0.4, 0.5) is 19.0 Å². The molecule has 1 heterocycles. The van der Waals surface area contributed by atoms with E-state index in [-0.39, 0.29) is 11.6 Å². The number of nitrogen functional groups attached to an aromatic ring is 1. The van der Waals surface area contributed by atoms with Gasteiger partial charge in [-0.15, -0.1) is 0 Å². The van der Waals surface area contributed by atoms with Gasteiger partial charge in [-0.2, -0.15) is 13.2 Å². The summed E-state index contributed by atoms with van der Waals surface area (Å²) in [4.78, 5) is 3.63. The Hall–Kier alpha value is -0.980. The van der Waals surface area contributed by atoms with Crippen molar-refractivity contribution in [3.63, 3.8) is 0 Å². The maximum Gasteiger partial charge on any atom is 0.425 e. The molecule has 0 radical (unpaired) electrons. The summed E-state index contributed by atoms with van der Waals surface area (Å²) in [7, 11) is 0. The molecule has 1 atom stereocenters. The van der Waals surface area contributed by atoms with Crippen LogP contribution >= 0.6 is 15.9 Å². The number of hydrogen-bond acceptors (Lipinski definition) is 3. The molecule has 0 bridgehead atoms. The van der Waals surface area contributed by atoms with Crippen LogP contribution in [-0.4, -0.2) is 17.3 Å². The SMILES string of the molecule is CC(Oc1c(Br)ccnc1N)C(F)(F)F. The van der Waals surface area contributed by atoms with Crippen LogP contribution in [0, 0.1) is 0 Å². The maximum atomic E-state index is 12.2.